The quantitative estimate of drug-likeness (QED) is 0.907. The molecule has 0 unspecified atom stereocenters. The van der Waals surface area contributed by atoms with Crippen LogP contribution in [0.4, 0.5) is 10.2 Å². The SMILES string of the molecule is CNc1nc(-c2cncn2C(C)C)nc(C)c1F. The minimum Gasteiger partial charge on any atom is -0.371 e. The maximum Gasteiger partial charge on any atom is 0.186 e. The Morgan fingerprint density at radius 1 is 1.33 bits per heavy atom. The molecule has 6 heteroatoms. The minimum atomic E-state index is -0.420. The van der Waals surface area contributed by atoms with Gasteiger partial charge in [0.1, 0.15) is 5.69 Å². The average molecular weight is 249 g/mol. The molecule has 0 aromatic carbocycles. The van der Waals surface area contributed by atoms with Crippen molar-refractivity contribution < 1.29 is 4.39 Å². The van der Waals surface area contributed by atoms with Gasteiger partial charge in [-0.15, -0.1) is 0 Å². The first-order valence-electron chi connectivity index (χ1n) is 5.78. The van der Waals surface area contributed by atoms with Gasteiger partial charge in [0.25, 0.3) is 0 Å². The van der Waals surface area contributed by atoms with E-state index in [2.05, 4.69) is 20.3 Å². The third-order valence-electron chi connectivity index (χ3n) is 2.71. The highest BCUT2D eigenvalue weighted by Crippen LogP contribution is 2.22. The molecule has 0 radical (unpaired) electrons. The van der Waals surface area contributed by atoms with Gasteiger partial charge < -0.3 is 9.88 Å². The van der Waals surface area contributed by atoms with Crippen molar-refractivity contribution in [2.24, 2.45) is 0 Å². The molecule has 0 saturated heterocycles. The third-order valence-corrected chi connectivity index (χ3v) is 2.71. The summed E-state index contributed by atoms with van der Waals surface area (Å²) in [5.74, 6) is 0.260. The van der Waals surface area contributed by atoms with Crippen molar-refractivity contribution in [2.45, 2.75) is 26.8 Å². The second-order valence-corrected chi connectivity index (χ2v) is 4.33. The Morgan fingerprint density at radius 3 is 2.67 bits per heavy atom. The number of aryl methyl sites for hydroxylation is 1. The average Bonchev–Trinajstić information content (AvgIpc) is 2.81. The van der Waals surface area contributed by atoms with Gasteiger partial charge in [0.05, 0.1) is 18.2 Å². The zero-order valence-electron chi connectivity index (χ0n) is 10.9. The van der Waals surface area contributed by atoms with E-state index in [1.54, 1.807) is 26.5 Å². The summed E-state index contributed by atoms with van der Waals surface area (Å²) in [6, 6.07) is 0.245. The van der Waals surface area contributed by atoms with E-state index in [0.29, 0.717) is 11.5 Å². The predicted molar refractivity (Wildman–Crippen MR) is 67.9 cm³/mol. The summed E-state index contributed by atoms with van der Waals surface area (Å²) in [7, 11) is 1.63. The molecule has 1 N–H and O–H groups in total. The number of aromatic nitrogens is 4. The van der Waals surface area contributed by atoms with Crippen LogP contribution in [0.2, 0.25) is 0 Å². The van der Waals surface area contributed by atoms with E-state index < -0.39 is 5.82 Å². The highest BCUT2D eigenvalue weighted by molar-refractivity contribution is 5.53. The van der Waals surface area contributed by atoms with E-state index in [-0.39, 0.29) is 11.9 Å². The van der Waals surface area contributed by atoms with E-state index in [1.807, 2.05) is 18.4 Å². The summed E-state index contributed by atoms with van der Waals surface area (Å²) in [6.45, 7) is 5.71. The molecule has 0 saturated carbocycles. The lowest BCUT2D eigenvalue weighted by Gasteiger charge is -2.12. The Kier molecular flexibility index (Phi) is 3.27. The molecule has 0 fully saturated rings. The molecule has 0 amide bonds. The molecular formula is C12H16FN5. The number of nitrogens with zero attached hydrogens (tertiary/aromatic N) is 4. The van der Waals surface area contributed by atoms with Crippen molar-refractivity contribution in [3.63, 3.8) is 0 Å². The number of nitrogens with one attached hydrogen (secondary N) is 1. The highest BCUT2D eigenvalue weighted by Gasteiger charge is 2.15. The first kappa shape index (κ1) is 12.5. The van der Waals surface area contributed by atoms with E-state index in [0.717, 1.165) is 5.69 Å². The van der Waals surface area contributed by atoms with Crippen LogP contribution in [-0.2, 0) is 0 Å². The molecule has 0 aliphatic heterocycles. The van der Waals surface area contributed by atoms with E-state index in [4.69, 9.17) is 0 Å². The van der Waals surface area contributed by atoms with Gasteiger partial charge in [-0.05, 0) is 20.8 Å². The highest BCUT2D eigenvalue weighted by atomic mass is 19.1. The number of halogens is 1. The molecule has 0 aliphatic carbocycles. The van der Waals surface area contributed by atoms with Crippen LogP contribution in [0, 0.1) is 12.7 Å². The Bertz CT molecular complexity index is 562. The number of anilines is 1. The summed E-state index contributed by atoms with van der Waals surface area (Å²) in [5.41, 5.74) is 1.10. The monoisotopic (exact) mass is 249 g/mol. The summed E-state index contributed by atoms with van der Waals surface area (Å²) in [4.78, 5) is 12.5. The fraction of sp³-hybridized carbons (Fsp3) is 0.417. The Balaban J connectivity index is 2.57. The van der Waals surface area contributed by atoms with Crippen molar-refractivity contribution in [1.29, 1.82) is 0 Å². The summed E-state index contributed by atoms with van der Waals surface area (Å²) in [6.07, 6.45) is 3.41. The normalized spacial score (nSPS) is 11.0. The molecular weight excluding hydrogens is 233 g/mol. The Labute approximate surface area is 105 Å². The van der Waals surface area contributed by atoms with Gasteiger partial charge in [0.15, 0.2) is 17.5 Å². The van der Waals surface area contributed by atoms with Crippen molar-refractivity contribution >= 4 is 5.82 Å². The molecule has 2 aromatic rings. The van der Waals surface area contributed by atoms with Gasteiger partial charge in [0, 0.05) is 13.1 Å². The first-order valence-corrected chi connectivity index (χ1v) is 5.78. The fourth-order valence-corrected chi connectivity index (χ4v) is 1.73. The van der Waals surface area contributed by atoms with Gasteiger partial charge in [-0.3, -0.25) is 0 Å². The maximum atomic E-state index is 13.7. The smallest absolute Gasteiger partial charge is 0.186 e. The predicted octanol–water partition coefficient (Wildman–Crippen LogP) is 2.41. The lowest BCUT2D eigenvalue weighted by atomic mass is 10.3. The van der Waals surface area contributed by atoms with Crippen LogP contribution in [0.5, 0.6) is 0 Å². The number of hydrogen-bond donors (Lipinski definition) is 1. The lowest BCUT2D eigenvalue weighted by molar-refractivity contribution is 0.596. The molecule has 2 aromatic heterocycles. The summed E-state index contributed by atoms with van der Waals surface area (Å²) < 4.78 is 15.6. The Hall–Kier alpha value is -1.98. The van der Waals surface area contributed by atoms with Crippen LogP contribution in [0.15, 0.2) is 12.5 Å². The van der Waals surface area contributed by atoms with E-state index in [1.165, 1.54) is 0 Å². The van der Waals surface area contributed by atoms with Crippen molar-refractivity contribution in [1.82, 2.24) is 19.5 Å². The third kappa shape index (κ3) is 2.05. The summed E-state index contributed by atoms with van der Waals surface area (Å²) in [5, 5.41) is 2.73. The van der Waals surface area contributed by atoms with Crippen molar-refractivity contribution in [3.05, 3.63) is 24.0 Å². The zero-order valence-corrected chi connectivity index (χ0v) is 10.9. The second kappa shape index (κ2) is 4.72. The van der Waals surface area contributed by atoms with Crippen LogP contribution in [0.25, 0.3) is 11.5 Å². The molecule has 0 bridgehead atoms. The van der Waals surface area contributed by atoms with Crippen molar-refractivity contribution in [2.75, 3.05) is 12.4 Å². The van der Waals surface area contributed by atoms with Gasteiger partial charge in [-0.25, -0.2) is 19.3 Å². The standard InChI is InChI=1S/C12H16FN5/c1-7(2)18-6-15-5-9(18)11-16-8(3)10(13)12(14-4)17-11/h5-7H,1-4H3,(H,14,16,17). The maximum absolute atomic E-state index is 13.7. The van der Waals surface area contributed by atoms with Crippen molar-refractivity contribution in [3.8, 4) is 11.5 Å². The molecule has 0 aliphatic rings. The molecule has 96 valence electrons. The molecule has 2 rings (SSSR count). The summed E-state index contributed by atoms with van der Waals surface area (Å²) >= 11 is 0. The minimum absolute atomic E-state index is 0.203. The molecule has 5 nitrogen and oxygen atoms in total. The molecule has 0 spiro atoms. The molecule has 0 atom stereocenters. The molecule has 18 heavy (non-hydrogen) atoms. The topological polar surface area (TPSA) is 55.6 Å². The second-order valence-electron chi connectivity index (χ2n) is 4.33. The first-order chi connectivity index (χ1) is 8.54. The van der Waals surface area contributed by atoms with Gasteiger partial charge in [0.2, 0.25) is 0 Å². The van der Waals surface area contributed by atoms with Crippen LogP contribution in [0.3, 0.4) is 0 Å². The van der Waals surface area contributed by atoms with Crippen LogP contribution in [-0.4, -0.2) is 26.6 Å². The van der Waals surface area contributed by atoms with Gasteiger partial charge in [-0.2, -0.15) is 0 Å². The van der Waals surface area contributed by atoms with Crippen LogP contribution >= 0.6 is 0 Å². The van der Waals surface area contributed by atoms with Gasteiger partial charge in [-0.1, -0.05) is 0 Å². The van der Waals surface area contributed by atoms with Gasteiger partial charge >= 0.3 is 0 Å². The van der Waals surface area contributed by atoms with E-state index in [9.17, 15) is 4.39 Å². The number of imidazole rings is 1. The fourth-order valence-electron chi connectivity index (χ4n) is 1.73. The number of hydrogen-bond acceptors (Lipinski definition) is 4. The Morgan fingerprint density at radius 2 is 2.06 bits per heavy atom. The van der Waals surface area contributed by atoms with Crippen LogP contribution < -0.4 is 5.32 Å². The number of rotatable bonds is 3. The molecule has 2 heterocycles. The lowest BCUT2D eigenvalue weighted by Crippen LogP contribution is -2.07. The zero-order chi connectivity index (χ0) is 13.3. The largest absolute Gasteiger partial charge is 0.371 e. The van der Waals surface area contributed by atoms with E-state index >= 15 is 0 Å². The van der Waals surface area contributed by atoms with Crippen LogP contribution in [0.1, 0.15) is 25.6 Å².